The van der Waals surface area contributed by atoms with E-state index in [9.17, 15) is 10.1 Å². The van der Waals surface area contributed by atoms with Crippen molar-refractivity contribution in [1.29, 1.82) is 0 Å². The van der Waals surface area contributed by atoms with Gasteiger partial charge in [0.2, 0.25) is 0 Å². The summed E-state index contributed by atoms with van der Waals surface area (Å²) in [6.07, 6.45) is 4.65. The van der Waals surface area contributed by atoms with Gasteiger partial charge in [-0.3, -0.25) is 10.1 Å². The molecule has 1 saturated heterocycles. The lowest BCUT2D eigenvalue weighted by Crippen LogP contribution is -2.20. The largest absolute Gasteiger partial charge is 0.496 e. The molecule has 0 aromatic heterocycles. The Morgan fingerprint density at radius 1 is 1.39 bits per heavy atom. The van der Waals surface area contributed by atoms with Gasteiger partial charge in [0.25, 0.3) is 5.69 Å². The van der Waals surface area contributed by atoms with Crippen LogP contribution in [0.2, 0.25) is 0 Å². The Morgan fingerprint density at radius 2 is 2.22 bits per heavy atom. The third-order valence-electron chi connectivity index (χ3n) is 3.36. The Hall–Kier alpha value is -1.62. The molecule has 1 atom stereocenters. The second-order valence-corrected chi connectivity index (χ2v) is 4.54. The minimum absolute atomic E-state index is 0.0734. The van der Waals surface area contributed by atoms with Gasteiger partial charge in [-0.1, -0.05) is 12.8 Å². The van der Waals surface area contributed by atoms with Crippen molar-refractivity contribution >= 4 is 5.69 Å². The summed E-state index contributed by atoms with van der Waals surface area (Å²) < 4.78 is 5.29. The van der Waals surface area contributed by atoms with Gasteiger partial charge in [0.1, 0.15) is 5.75 Å². The fourth-order valence-electron chi connectivity index (χ4n) is 2.40. The van der Waals surface area contributed by atoms with E-state index in [1.807, 2.05) is 0 Å². The molecular formula is C13H18N2O3. The summed E-state index contributed by atoms with van der Waals surface area (Å²) in [6.45, 7) is 0.991. The number of non-ortho nitro benzene ring substituents is 1. The van der Waals surface area contributed by atoms with E-state index in [2.05, 4.69) is 5.32 Å². The van der Waals surface area contributed by atoms with Gasteiger partial charge in [-0.15, -0.1) is 0 Å². The number of benzene rings is 1. The monoisotopic (exact) mass is 250 g/mol. The Kier molecular flexibility index (Phi) is 4.15. The highest BCUT2D eigenvalue weighted by Crippen LogP contribution is 2.32. The first kappa shape index (κ1) is 12.8. The number of hydrogen-bond acceptors (Lipinski definition) is 4. The van der Waals surface area contributed by atoms with Crippen molar-refractivity contribution in [1.82, 2.24) is 5.32 Å². The molecule has 1 aromatic rings. The second-order valence-electron chi connectivity index (χ2n) is 4.54. The van der Waals surface area contributed by atoms with Crippen LogP contribution < -0.4 is 10.1 Å². The quantitative estimate of drug-likeness (QED) is 0.661. The standard InChI is InChI=1S/C13H18N2O3/c1-18-13-9-10(15(16)17)6-7-11(13)12-5-3-2-4-8-14-12/h6-7,9,12,14H,2-5,8H2,1H3. The molecule has 2 rings (SSSR count). The van der Waals surface area contributed by atoms with E-state index in [0.717, 1.165) is 18.5 Å². The van der Waals surface area contributed by atoms with Gasteiger partial charge in [0.05, 0.1) is 18.1 Å². The predicted octanol–water partition coefficient (Wildman–Crippen LogP) is 2.81. The van der Waals surface area contributed by atoms with Crippen LogP contribution in [0.4, 0.5) is 5.69 Å². The van der Waals surface area contributed by atoms with E-state index >= 15 is 0 Å². The van der Waals surface area contributed by atoms with Crippen LogP contribution in [0, 0.1) is 10.1 Å². The summed E-state index contributed by atoms with van der Waals surface area (Å²) in [5, 5.41) is 14.2. The van der Waals surface area contributed by atoms with Crippen LogP contribution in [0.5, 0.6) is 5.75 Å². The molecule has 1 N–H and O–H groups in total. The molecule has 0 saturated carbocycles. The van der Waals surface area contributed by atoms with Crippen LogP contribution >= 0.6 is 0 Å². The van der Waals surface area contributed by atoms with Crippen LogP contribution in [0.1, 0.15) is 37.3 Å². The molecule has 0 bridgehead atoms. The van der Waals surface area contributed by atoms with E-state index in [1.54, 1.807) is 19.2 Å². The van der Waals surface area contributed by atoms with Crippen LogP contribution in [-0.2, 0) is 0 Å². The molecule has 5 heteroatoms. The number of hydrogen-bond donors (Lipinski definition) is 1. The maximum atomic E-state index is 10.7. The SMILES string of the molecule is COc1cc([N+](=O)[O-])ccc1C1CCCCCN1. The van der Waals surface area contributed by atoms with E-state index in [-0.39, 0.29) is 11.7 Å². The van der Waals surface area contributed by atoms with Gasteiger partial charge in [0.15, 0.2) is 0 Å². The van der Waals surface area contributed by atoms with E-state index in [4.69, 9.17) is 4.74 Å². The average Bonchev–Trinajstić information content (AvgIpc) is 2.66. The summed E-state index contributed by atoms with van der Waals surface area (Å²) in [5.74, 6) is 0.601. The summed E-state index contributed by atoms with van der Waals surface area (Å²) in [4.78, 5) is 10.4. The number of ether oxygens (including phenoxy) is 1. The Morgan fingerprint density at radius 3 is 2.94 bits per heavy atom. The van der Waals surface area contributed by atoms with Crippen LogP contribution in [0.15, 0.2) is 18.2 Å². The van der Waals surface area contributed by atoms with Crippen molar-refractivity contribution in [3.63, 3.8) is 0 Å². The first-order valence-corrected chi connectivity index (χ1v) is 6.28. The molecule has 1 aliphatic rings. The van der Waals surface area contributed by atoms with E-state index < -0.39 is 4.92 Å². The molecule has 1 unspecified atom stereocenters. The molecule has 1 heterocycles. The van der Waals surface area contributed by atoms with Gasteiger partial charge < -0.3 is 10.1 Å². The summed E-state index contributed by atoms with van der Waals surface area (Å²) in [5.41, 5.74) is 1.09. The lowest BCUT2D eigenvalue weighted by atomic mass is 10.0. The third-order valence-corrected chi connectivity index (χ3v) is 3.36. The minimum Gasteiger partial charge on any atom is -0.496 e. The number of nitrogens with zero attached hydrogens (tertiary/aromatic N) is 1. The van der Waals surface area contributed by atoms with Gasteiger partial charge in [-0.2, -0.15) is 0 Å². The predicted molar refractivity (Wildman–Crippen MR) is 68.9 cm³/mol. The highest BCUT2D eigenvalue weighted by atomic mass is 16.6. The number of rotatable bonds is 3. The number of methoxy groups -OCH3 is 1. The van der Waals surface area contributed by atoms with Crippen molar-refractivity contribution in [3.8, 4) is 5.75 Å². The van der Waals surface area contributed by atoms with Gasteiger partial charge in [0, 0.05) is 17.7 Å². The third kappa shape index (κ3) is 2.79. The molecule has 5 nitrogen and oxygen atoms in total. The number of nitro benzene ring substituents is 1. The van der Waals surface area contributed by atoms with Crippen molar-refractivity contribution in [2.75, 3.05) is 13.7 Å². The zero-order valence-corrected chi connectivity index (χ0v) is 10.5. The molecule has 18 heavy (non-hydrogen) atoms. The summed E-state index contributed by atoms with van der Waals surface area (Å²) in [6, 6.07) is 5.09. The second kappa shape index (κ2) is 5.82. The fourth-order valence-corrected chi connectivity index (χ4v) is 2.40. The molecular weight excluding hydrogens is 232 g/mol. The maximum absolute atomic E-state index is 10.7. The Labute approximate surface area is 106 Å². The lowest BCUT2D eigenvalue weighted by molar-refractivity contribution is -0.384. The Balaban J connectivity index is 2.28. The Bertz CT molecular complexity index is 426. The highest BCUT2D eigenvalue weighted by Gasteiger charge is 2.19. The summed E-state index contributed by atoms with van der Waals surface area (Å²) in [7, 11) is 1.55. The smallest absolute Gasteiger partial charge is 0.273 e. The van der Waals surface area contributed by atoms with Crippen LogP contribution in [0.3, 0.4) is 0 Å². The molecule has 0 amide bonds. The van der Waals surface area contributed by atoms with Crippen LogP contribution in [0.25, 0.3) is 0 Å². The molecule has 1 aromatic carbocycles. The normalized spacial score (nSPS) is 20.2. The van der Waals surface area contributed by atoms with Gasteiger partial charge in [-0.25, -0.2) is 0 Å². The maximum Gasteiger partial charge on any atom is 0.273 e. The molecule has 0 spiro atoms. The molecule has 0 aliphatic carbocycles. The van der Waals surface area contributed by atoms with E-state index in [1.165, 1.54) is 25.3 Å². The molecule has 98 valence electrons. The fraction of sp³-hybridized carbons (Fsp3) is 0.538. The highest BCUT2D eigenvalue weighted by molar-refractivity contribution is 5.45. The van der Waals surface area contributed by atoms with Crippen molar-refractivity contribution in [2.45, 2.75) is 31.7 Å². The van der Waals surface area contributed by atoms with Gasteiger partial charge in [-0.05, 0) is 25.5 Å². The first-order valence-electron chi connectivity index (χ1n) is 6.28. The first-order chi connectivity index (χ1) is 8.72. The number of nitrogens with one attached hydrogen (secondary N) is 1. The summed E-state index contributed by atoms with van der Waals surface area (Å²) >= 11 is 0. The molecule has 1 fully saturated rings. The van der Waals surface area contributed by atoms with Crippen molar-refractivity contribution in [2.24, 2.45) is 0 Å². The van der Waals surface area contributed by atoms with Crippen molar-refractivity contribution < 1.29 is 9.66 Å². The van der Waals surface area contributed by atoms with Gasteiger partial charge >= 0.3 is 0 Å². The zero-order chi connectivity index (χ0) is 13.0. The minimum atomic E-state index is -0.396. The van der Waals surface area contributed by atoms with Crippen LogP contribution in [-0.4, -0.2) is 18.6 Å². The van der Waals surface area contributed by atoms with Crippen molar-refractivity contribution in [3.05, 3.63) is 33.9 Å². The molecule has 0 radical (unpaired) electrons. The topological polar surface area (TPSA) is 64.4 Å². The lowest BCUT2D eigenvalue weighted by Gasteiger charge is -2.18. The molecule has 1 aliphatic heterocycles. The van der Waals surface area contributed by atoms with E-state index in [0.29, 0.717) is 5.75 Å². The average molecular weight is 250 g/mol. The zero-order valence-electron chi connectivity index (χ0n) is 10.5. The number of nitro groups is 1.